The van der Waals surface area contributed by atoms with E-state index in [4.69, 9.17) is 21.1 Å². The smallest absolute Gasteiger partial charge is 0.372 e. The van der Waals surface area contributed by atoms with Gasteiger partial charge in [0.25, 0.3) is 5.56 Å². The van der Waals surface area contributed by atoms with Gasteiger partial charge in [0.05, 0.1) is 6.54 Å². The molecule has 0 bridgehead atoms. The molecule has 0 amide bonds. The molecule has 0 aliphatic rings. The molecule has 0 aliphatic heterocycles. The predicted molar refractivity (Wildman–Crippen MR) is 65.8 cm³/mol. The van der Waals surface area contributed by atoms with Crippen molar-refractivity contribution in [2.24, 2.45) is 0 Å². The minimum Gasteiger partial charge on any atom is -0.475 e. The van der Waals surface area contributed by atoms with Crippen LogP contribution in [0.5, 0.6) is 0 Å². The van der Waals surface area contributed by atoms with E-state index in [1.54, 1.807) is 6.92 Å². The van der Waals surface area contributed by atoms with E-state index in [0.717, 1.165) is 4.57 Å². The highest BCUT2D eigenvalue weighted by Crippen LogP contribution is 2.15. The number of aromatic amines is 1. The van der Waals surface area contributed by atoms with Gasteiger partial charge in [-0.25, -0.2) is 9.59 Å². The average molecular weight is 285 g/mol. The van der Waals surface area contributed by atoms with Crippen molar-refractivity contribution in [3.63, 3.8) is 0 Å². The van der Waals surface area contributed by atoms with E-state index >= 15 is 0 Å². The van der Waals surface area contributed by atoms with Crippen molar-refractivity contribution in [3.8, 4) is 0 Å². The minimum atomic E-state index is -1.18. The predicted octanol–water partition coefficient (Wildman–Crippen LogP) is 0.838. The number of carboxylic acid groups (broad SMARTS) is 1. The number of rotatable bonds is 3. The Morgan fingerprint density at radius 1 is 1.53 bits per heavy atom. The van der Waals surface area contributed by atoms with Crippen molar-refractivity contribution in [2.75, 3.05) is 0 Å². The van der Waals surface area contributed by atoms with Crippen LogP contribution in [0, 0.1) is 6.92 Å². The fraction of sp³-hybridized carbons (Fsp3) is 0.182. The topological polar surface area (TPSA) is 105 Å². The van der Waals surface area contributed by atoms with Crippen LogP contribution in [0.25, 0.3) is 0 Å². The number of nitrogens with zero attached hydrogens (tertiary/aromatic N) is 1. The Morgan fingerprint density at radius 3 is 2.79 bits per heavy atom. The largest absolute Gasteiger partial charge is 0.475 e. The van der Waals surface area contributed by atoms with E-state index in [1.165, 1.54) is 12.3 Å². The molecule has 7 nitrogen and oxygen atoms in total. The molecular formula is C11H9ClN2O5. The Labute approximate surface area is 111 Å². The van der Waals surface area contributed by atoms with E-state index in [9.17, 15) is 14.4 Å². The Morgan fingerprint density at radius 2 is 2.21 bits per heavy atom. The Hall–Kier alpha value is -2.28. The molecule has 0 radical (unpaired) electrons. The number of carboxylic acids is 1. The van der Waals surface area contributed by atoms with Crippen LogP contribution in [0.2, 0.25) is 5.02 Å². The average Bonchev–Trinajstić information content (AvgIpc) is 2.67. The Kier molecular flexibility index (Phi) is 3.30. The summed E-state index contributed by atoms with van der Waals surface area (Å²) in [5.74, 6) is -1.09. The highest BCUT2D eigenvalue weighted by molar-refractivity contribution is 6.30. The van der Waals surface area contributed by atoms with Gasteiger partial charge in [-0.15, -0.1) is 0 Å². The molecule has 2 aromatic rings. The number of halogens is 1. The molecule has 2 aromatic heterocycles. The summed E-state index contributed by atoms with van der Waals surface area (Å²) in [5, 5.41) is 8.71. The molecule has 8 heteroatoms. The van der Waals surface area contributed by atoms with Crippen LogP contribution in [0.3, 0.4) is 0 Å². The second-order valence-corrected chi connectivity index (χ2v) is 4.30. The first kappa shape index (κ1) is 13.2. The summed E-state index contributed by atoms with van der Waals surface area (Å²) < 4.78 is 6.23. The van der Waals surface area contributed by atoms with Gasteiger partial charge in [0.2, 0.25) is 5.76 Å². The molecule has 19 heavy (non-hydrogen) atoms. The summed E-state index contributed by atoms with van der Waals surface area (Å²) in [6.07, 6.45) is 1.17. The summed E-state index contributed by atoms with van der Waals surface area (Å²) in [5.41, 5.74) is -0.879. The Balaban J connectivity index is 2.39. The number of nitrogens with one attached hydrogen (secondary N) is 1. The number of hydrogen-bond donors (Lipinski definition) is 2. The lowest BCUT2D eigenvalue weighted by Gasteiger charge is -2.02. The van der Waals surface area contributed by atoms with Crippen molar-refractivity contribution in [3.05, 3.63) is 55.2 Å². The molecule has 2 heterocycles. The van der Waals surface area contributed by atoms with Gasteiger partial charge in [0.15, 0.2) is 0 Å². The monoisotopic (exact) mass is 284 g/mol. The van der Waals surface area contributed by atoms with E-state index < -0.39 is 17.2 Å². The van der Waals surface area contributed by atoms with Crippen molar-refractivity contribution in [1.29, 1.82) is 0 Å². The summed E-state index contributed by atoms with van der Waals surface area (Å²) in [7, 11) is 0. The van der Waals surface area contributed by atoms with Crippen LogP contribution in [-0.4, -0.2) is 20.6 Å². The maximum absolute atomic E-state index is 11.5. The summed E-state index contributed by atoms with van der Waals surface area (Å²) in [4.78, 5) is 35.5. The third-order valence-electron chi connectivity index (χ3n) is 2.46. The molecule has 0 saturated heterocycles. The van der Waals surface area contributed by atoms with Crippen molar-refractivity contribution in [1.82, 2.24) is 9.55 Å². The summed E-state index contributed by atoms with van der Waals surface area (Å²) >= 11 is 5.61. The molecule has 2 N–H and O–H groups in total. The quantitative estimate of drug-likeness (QED) is 0.869. The lowest BCUT2D eigenvalue weighted by Crippen LogP contribution is -2.29. The van der Waals surface area contributed by atoms with Gasteiger partial charge < -0.3 is 9.52 Å². The van der Waals surface area contributed by atoms with Gasteiger partial charge in [-0.2, -0.15) is 0 Å². The maximum atomic E-state index is 11.5. The van der Waals surface area contributed by atoms with Gasteiger partial charge in [-0.05, 0) is 13.0 Å². The van der Waals surface area contributed by atoms with Crippen LogP contribution in [0.1, 0.15) is 21.9 Å². The number of H-pyrrole nitrogens is 1. The molecule has 0 saturated carbocycles. The molecule has 2 rings (SSSR count). The first-order valence-electron chi connectivity index (χ1n) is 5.20. The summed E-state index contributed by atoms with van der Waals surface area (Å²) in [6, 6.07) is 1.51. The van der Waals surface area contributed by atoms with Crippen LogP contribution < -0.4 is 11.2 Å². The lowest BCUT2D eigenvalue weighted by molar-refractivity contribution is 0.0659. The summed E-state index contributed by atoms with van der Waals surface area (Å²) in [6.45, 7) is 1.56. The number of aryl methyl sites for hydroxylation is 1. The molecule has 0 fully saturated rings. The fourth-order valence-corrected chi connectivity index (χ4v) is 1.77. The number of aromatic carboxylic acids is 1. The van der Waals surface area contributed by atoms with Gasteiger partial charge in [-0.3, -0.25) is 14.3 Å². The number of hydrogen-bond acceptors (Lipinski definition) is 4. The first-order valence-corrected chi connectivity index (χ1v) is 5.58. The molecule has 0 unspecified atom stereocenters. The van der Waals surface area contributed by atoms with Gasteiger partial charge >= 0.3 is 11.7 Å². The van der Waals surface area contributed by atoms with Crippen molar-refractivity contribution < 1.29 is 14.3 Å². The minimum absolute atomic E-state index is 0.0244. The van der Waals surface area contributed by atoms with E-state index in [1.807, 2.05) is 4.98 Å². The number of aromatic nitrogens is 2. The Bertz CT molecular complexity index is 755. The van der Waals surface area contributed by atoms with Gasteiger partial charge in [-0.1, -0.05) is 11.6 Å². The molecule has 0 aliphatic carbocycles. The van der Waals surface area contributed by atoms with E-state index in [0.29, 0.717) is 5.56 Å². The SMILES string of the molecule is Cc1cc(Cn2cc(Cl)c(=O)[nH]c2=O)oc1C(=O)O. The van der Waals surface area contributed by atoms with Crippen LogP contribution >= 0.6 is 11.6 Å². The van der Waals surface area contributed by atoms with E-state index in [-0.39, 0.29) is 23.1 Å². The zero-order valence-electron chi connectivity index (χ0n) is 9.77. The van der Waals surface area contributed by atoms with Gasteiger partial charge in [0, 0.05) is 11.8 Å². The maximum Gasteiger partial charge on any atom is 0.372 e. The third-order valence-corrected chi connectivity index (χ3v) is 2.73. The van der Waals surface area contributed by atoms with E-state index in [2.05, 4.69) is 0 Å². The molecule has 0 aromatic carbocycles. The molecule has 0 atom stereocenters. The van der Waals surface area contributed by atoms with Crippen LogP contribution in [0.15, 0.2) is 26.3 Å². The van der Waals surface area contributed by atoms with Gasteiger partial charge in [0.1, 0.15) is 10.8 Å². The normalized spacial score (nSPS) is 10.6. The zero-order chi connectivity index (χ0) is 14.2. The number of carbonyl (C=O) groups is 1. The lowest BCUT2D eigenvalue weighted by atomic mass is 10.2. The molecular weight excluding hydrogens is 276 g/mol. The first-order chi connectivity index (χ1) is 8.88. The van der Waals surface area contributed by atoms with Crippen LogP contribution in [0.4, 0.5) is 0 Å². The second kappa shape index (κ2) is 4.77. The van der Waals surface area contributed by atoms with Crippen LogP contribution in [-0.2, 0) is 6.54 Å². The standard InChI is InChI=1S/C11H9ClN2O5/c1-5-2-6(19-8(5)10(16)17)3-14-4-7(12)9(15)13-11(14)18/h2,4H,3H2,1H3,(H,16,17)(H,13,15,18). The highest BCUT2D eigenvalue weighted by atomic mass is 35.5. The van der Waals surface area contributed by atoms with Crippen molar-refractivity contribution >= 4 is 17.6 Å². The highest BCUT2D eigenvalue weighted by Gasteiger charge is 2.15. The molecule has 0 spiro atoms. The fourth-order valence-electron chi connectivity index (χ4n) is 1.61. The van der Waals surface area contributed by atoms with Crippen molar-refractivity contribution in [2.45, 2.75) is 13.5 Å². The second-order valence-electron chi connectivity index (χ2n) is 3.89. The zero-order valence-corrected chi connectivity index (χ0v) is 10.5. The third kappa shape index (κ3) is 2.60. The molecule has 100 valence electrons. The number of furan rings is 1.